The zero-order chi connectivity index (χ0) is 14.5. The van der Waals surface area contributed by atoms with Crippen molar-refractivity contribution < 1.29 is 4.79 Å². The van der Waals surface area contributed by atoms with Crippen LogP contribution in [0, 0.1) is 0 Å². The quantitative estimate of drug-likeness (QED) is 0.800. The number of aromatic nitrogens is 2. The summed E-state index contributed by atoms with van der Waals surface area (Å²) in [6.45, 7) is 2.02. The lowest BCUT2D eigenvalue weighted by Crippen LogP contribution is -2.27. The zero-order valence-electron chi connectivity index (χ0n) is 12.0. The lowest BCUT2D eigenvalue weighted by atomic mass is 10.1. The molecule has 0 fully saturated rings. The number of hydrogen-bond donors (Lipinski definition) is 0. The first-order valence-corrected chi connectivity index (χ1v) is 6.56. The van der Waals surface area contributed by atoms with Gasteiger partial charge in [-0.2, -0.15) is 5.10 Å². The first kappa shape index (κ1) is 14.1. The molecule has 0 aliphatic heterocycles. The summed E-state index contributed by atoms with van der Waals surface area (Å²) in [5.41, 5.74) is 2.04. The van der Waals surface area contributed by atoms with E-state index in [4.69, 9.17) is 0 Å². The van der Waals surface area contributed by atoms with E-state index in [0.717, 1.165) is 11.1 Å². The van der Waals surface area contributed by atoms with Gasteiger partial charge in [0.2, 0.25) is 5.91 Å². The summed E-state index contributed by atoms with van der Waals surface area (Å²) in [5.74, 6) is -0.0230. The maximum Gasteiger partial charge on any atom is 0.246 e. The van der Waals surface area contributed by atoms with Crippen LogP contribution in [0.2, 0.25) is 0 Å². The van der Waals surface area contributed by atoms with E-state index >= 15 is 0 Å². The monoisotopic (exact) mass is 269 g/mol. The smallest absolute Gasteiger partial charge is 0.246 e. The van der Waals surface area contributed by atoms with Gasteiger partial charge in [0.05, 0.1) is 12.2 Å². The molecule has 0 spiro atoms. The molecule has 104 valence electrons. The summed E-state index contributed by atoms with van der Waals surface area (Å²) in [6.07, 6.45) is 6.95. The van der Waals surface area contributed by atoms with Crippen molar-refractivity contribution in [1.29, 1.82) is 0 Å². The van der Waals surface area contributed by atoms with Crippen LogP contribution in [0.25, 0.3) is 6.08 Å². The van der Waals surface area contributed by atoms with Crippen LogP contribution >= 0.6 is 0 Å². The van der Waals surface area contributed by atoms with E-state index in [1.165, 1.54) is 0 Å². The number of rotatable bonds is 4. The number of carbonyl (C=O) groups is 1. The van der Waals surface area contributed by atoms with Crippen molar-refractivity contribution in [2.24, 2.45) is 7.05 Å². The van der Waals surface area contributed by atoms with E-state index in [2.05, 4.69) is 5.10 Å². The fourth-order valence-electron chi connectivity index (χ4n) is 1.96. The average molecular weight is 269 g/mol. The van der Waals surface area contributed by atoms with E-state index in [1.807, 2.05) is 57.5 Å². The molecule has 0 saturated heterocycles. The Kier molecular flexibility index (Phi) is 4.35. The van der Waals surface area contributed by atoms with Crippen molar-refractivity contribution >= 4 is 12.0 Å². The first-order valence-electron chi connectivity index (χ1n) is 6.56. The molecule has 0 bridgehead atoms. The molecule has 0 aliphatic rings. The molecule has 1 amide bonds. The van der Waals surface area contributed by atoms with E-state index in [-0.39, 0.29) is 11.9 Å². The summed E-state index contributed by atoms with van der Waals surface area (Å²) < 4.78 is 1.71. The highest BCUT2D eigenvalue weighted by molar-refractivity contribution is 5.91. The number of aryl methyl sites for hydroxylation is 1. The van der Waals surface area contributed by atoms with E-state index in [0.29, 0.717) is 0 Å². The van der Waals surface area contributed by atoms with Gasteiger partial charge in [-0.05, 0) is 18.6 Å². The molecule has 0 aliphatic carbocycles. The Balaban J connectivity index is 2.03. The van der Waals surface area contributed by atoms with Crippen LogP contribution in [-0.4, -0.2) is 27.6 Å². The molecular formula is C16H19N3O. The summed E-state index contributed by atoms with van der Waals surface area (Å²) in [5, 5.41) is 4.06. The summed E-state index contributed by atoms with van der Waals surface area (Å²) in [6, 6.07) is 10.0. The minimum Gasteiger partial charge on any atom is -0.335 e. The third-order valence-electron chi connectivity index (χ3n) is 3.35. The van der Waals surface area contributed by atoms with Crippen LogP contribution in [0.1, 0.15) is 24.1 Å². The average Bonchev–Trinajstić information content (AvgIpc) is 2.89. The molecule has 0 unspecified atom stereocenters. The number of hydrogen-bond acceptors (Lipinski definition) is 2. The van der Waals surface area contributed by atoms with Gasteiger partial charge in [0.15, 0.2) is 0 Å². The first-order chi connectivity index (χ1) is 9.58. The van der Waals surface area contributed by atoms with Gasteiger partial charge in [-0.15, -0.1) is 0 Å². The van der Waals surface area contributed by atoms with Gasteiger partial charge in [0.25, 0.3) is 0 Å². The molecule has 0 saturated carbocycles. The molecule has 1 heterocycles. The third kappa shape index (κ3) is 3.35. The molecule has 4 nitrogen and oxygen atoms in total. The Morgan fingerprint density at radius 3 is 2.65 bits per heavy atom. The molecule has 0 radical (unpaired) electrons. The molecule has 0 N–H and O–H groups in total. The van der Waals surface area contributed by atoms with Crippen molar-refractivity contribution in [3.8, 4) is 0 Å². The molecule has 20 heavy (non-hydrogen) atoms. The molecular weight excluding hydrogens is 250 g/mol. The van der Waals surface area contributed by atoms with Crippen molar-refractivity contribution in [3.63, 3.8) is 0 Å². The topological polar surface area (TPSA) is 38.1 Å². The predicted molar refractivity (Wildman–Crippen MR) is 79.9 cm³/mol. The molecule has 4 heteroatoms. The van der Waals surface area contributed by atoms with Crippen molar-refractivity contribution in [3.05, 3.63) is 59.9 Å². The molecule has 2 rings (SSSR count). The zero-order valence-corrected chi connectivity index (χ0v) is 12.0. The predicted octanol–water partition coefficient (Wildman–Crippen LogP) is 2.65. The summed E-state index contributed by atoms with van der Waals surface area (Å²) >= 11 is 0. The minimum absolute atomic E-state index is 0.0230. The number of carbonyl (C=O) groups excluding carboxylic acids is 1. The standard InChI is InChI=1S/C16H19N3O/c1-13(15-7-5-4-6-8-15)19(3)16(20)10-9-14-11-17-18(2)12-14/h4-13H,1-3H3/b10-9+/t13-/m0/s1. The van der Waals surface area contributed by atoms with Gasteiger partial charge in [-0.3, -0.25) is 9.48 Å². The Labute approximate surface area is 119 Å². The van der Waals surface area contributed by atoms with Crippen LogP contribution in [-0.2, 0) is 11.8 Å². The van der Waals surface area contributed by atoms with Crippen molar-refractivity contribution in [2.45, 2.75) is 13.0 Å². The number of likely N-dealkylation sites (N-methyl/N-ethyl adjacent to an activating group) is 1. The molecule has 1 atom stereocenters. The maximum atomic E-state index is 12.1. The Morgan fingerprint density at radius 1 is 1.35 bits per heavy atom. The van der Waals surface area contributed by atoms with Crippen LogP contribution < -0.4 is 0 Å². The Bertz CT molecular complexity index is 601. The highest BCUT2D eigenvalue weighted by Crippen LogP contribution is 2.18. The number of benzene rings is 1. The van der Waals surface area contributed by atoms with Crippen LogP contribution in [0.5, 0.6) is 0 Å². The summed E-state index contributed by atoms with van der Waals surface area (Å²) in [4.78, 5) is 13.9. The number of nitrogens with zero attached hydrogens (tertiary/aromatic N) is 3. The third-order valence-corrected chi connectivity index (χ3v) is 3.35. The lowest BCUT2D eigenvalue weighted by molar-refractivity contribution is -0.126. The highest BCUT2D eigenvalue weighted by Gasteiger charge is 2.14. The maximum absolute atomic E-state index is 12.1. The minimum atomic E-state index is -0.0230. The second-order valence-electron chi connectivity index (χ2n) is 4.82. The lowest BCUT2D eigenvalue weighted by Gasteiger charge is -2.24. The Morgan fingerprint density at radius 2 is 2.05 bits per heavy atom. The molecule has 1 aromatic heterocycles. The van der Waals surface area contributed by atoms with Gasteiger partial charge in [0.1, 0.15) is 0 Å². The second-order valence-corrected chi connectivity index (χ2v) is 4.82. The SMILES string of the molecule is C[C@@H](c1ccccc1)N(C)C(=O)/C=C/c1cnn(C)c1. The fourth-order valence-corrected chi connectivity index (χ4v) is 1.96. The van der Waals surface area contributed by atoms with E-state index in [1.54, 1.807) is 27.9 Å². The van der Waals surface area contributed by atoms with Gasteiger partial charge < -0.3 is 4.90 Å². The second kappa shape index (κ2) is 6.19. The molecule has 1 aromatic carbocycles. The largest absolute Gasteiger partial charge is 0.335 e. The van der Waals surface area contributed by atoms with Crippen LogP contribution in [0.15, 0.2) is 48.8 Å². The fraction of sp³-hybridized carbons (Fsp3) is 0.250. The van der Waals surface area contributed by atoms with Gasteiger partial charge in [0, 0.05) is 31.9 Å². The van der Waals surface area contributed by atoms with Crippen molar-refractivity contribution in [1.82, 2.24) is 14.7 Å². The normalized spacial score (nSPS) is 12.6. The highest BCUT2D eigenvalue weighted by atomic mass is 16.2. The van der Waals surface area contributed by atoms with Crippen molar-refractivity contribution in [2.75, 3.05) is 7.05 Å². The van der Waals surface area contributed by atoms with Crippen LogP contribution in [0.3, 0.4) is 0 Å². The number of amides is 1. The molecule has 2 aromatic rings. The van der Waals surface area contributed by atoms with Gasteiger partial charge in [-0.1, -0.05) is 30.3 Å². The van der Waals surface area contributed by atoms with E-state index in [9.17, 15) is 4.79 Å². The van der Waals surface area contributed by atoms with Gasteiger partial charge in [-0.25, -0.2) is 0 Å². The summed E-state index contributed by atoms with van der Waals surface area (Å²) in [7, 11) is 3.66. The van der Waals surface area contributed by atoms with Gasteiger partial charge >= 0.3 is 0 Å². The Hall–Kier alpha value is -2.36. The van der Waals surface area contributed by atoms with E-state index < -0.39 is 0 Å². The van der Waals surface area contributed by atoms with Crippen LogP contribution in [0.4, 0.5) is 0 Å².